The van der Waals surface area contributed by atoms with Crippen LogP contribution in [0, 0.1) is 5.92 Å². The third-order valence-corrected chi connectivity index (χ3v) is 2.24. The molecule has 4 nitrogen and oxygen atoms in total. The first kappa shape index (κ1) is 15.4. The number of likely N-dealkylation sites (N-methyl/N-ethyl adjacent to an activating group) is 2. The minimum absolute atomic E-state index is 0.0920. The summed E-state index contributed by atoms with van der Waals surface area (Å²) < 4.78 is 0. The molecule has 96 valence electrons. The van der Waals surface area contributed by atoms with E-state index in [4.69, 9.17) is 0 Å². The number of carbonyl (C=O) groups excluding carboxylic acids is 1. The van der Waals surface area contributed by atoms with E-state index >= 15 is 0 Å². The lowest BCUT2D eigenvalue weighted by molar-refractivity contribution is -0.121. The van der Waals surface area contributed by atoms with Crippen LogP contribution in [0.2, 0.25) is 0 Å². The second kappa shape index (κ2) is 8.53. The molecule has 2 N–H and O–H groups in total. The van der Waals surface area contributed by atoms with Crippen molar-refractivity contribution in [1.29, 1.82) is 0 Å². The molecule has 0 aromatic carbocycles. The quantitative estimate of drug-likeness (QED) is 0.643. The standard InChI is InChI=1S/C12H27N3O/c1-6-13-8-12(16)14-11(7-10(2)3)9-15(4)5/h10-11,13H,6-9H2,1-5H3,(H,14,16). The van der Waals surface area contributed by atoms with Gasteiger partial charge in [0, 0.05) is 12.6 Å². The Labute approximate surface area is 99.8 Å². The Morgan fingerprint density at radius 1 is 1.31 bits per heavy atom. The summed E-state index contributed by atoms with van der Waals surface area (Å²) in [6.45, 7) is 8.50. The Morgan fingerprint density at radius 3 is 2.38 bits per heavy atom. The first-order valence-electron chi connectivity index (χ1n) is 6.10. The van der Waals surface area contributed by atoms with Gasteiger partial charge in [0.1, 0.15) is 0 Å². The number of carbonyl (C=O) groups is 1. The zero-order chi connectivity index (χ0) is 12.6. The zero-order valence-corrected chi connectivity index (χ0v) is 11.3. The molecule has 0 rings (SSSR count). The maximum atomic E-state index is 11.6. The molecule has 0 spiro atoms. The van der Waals surface area contributed by atoms with Gasteiger partial charge in [-0.15, -0.1) is 0 Å². The van der Waals surface area contributed by atoms with Crippen molar-refractivity contribution in [3.05, 3.63) is 0 Å². The van der Waals surface area contributed by atoms with Crippen LogP contribution in [-0.2, 0) is 4.79 Å². The van der Waals surface area contributed by atoms with Crippen LogP contribution in [0.5, 0.6) is 0 Å². The molecule has 16 heavy (non-hydrogen) atoms. The van der Waals surface area contributed by atoms with E-state index in [1.54, 1.807) is 0 Å². The topological polar surface area (TPSA) is 44.4 Å². The van der Waals surface area contributed by atoms with Gasteiger partial charge in [-0.3, -0.25) is 4.79 Å². The number of rotatable bonds is 8. The number of amides is 1. The summed E-state index contributed by atoms with van der Waals surface area (Å²) in [7, 11) is 4.06. The SMILES string of the molecule is CCNCC(=O)NC(CC(C)C)CN(C)C. The van der Waals surface area contributed by atoms with E-state index < -0.39 is 0 Å². The number of hydrogen-bond donors (Lipinski definition) is 2. The Kier molecular flexibility index (Phi) is 8.21. The Balaban J connectivity index is 4.03. The van der Waals surface area contributed by atoms with Gasteiger partial charge < -0.3 is 15.5 Å². The fourth-order valence-electron chi connectivity index (χ4n) is 1.71. The van der Waals surface area contributed by atoms with E-state index in [0.717, 1.165) is 19.5 Å². The largest absolute Gasteiger partial charge is 0.351 e. The predicted molar refractivity (Wildman–Crippen MR) is 68.5 cm³/mol. The molecule has 0 bridgehead atoms. The van der Waals surface area contributed by atoms with Crippen LogP contribution in [0.1, 0.15) is 27.2 Å². The lowest BCUT2D eigenvalue weighted by Gasteiger charge is -2.24. The van der Waals surface area contributed by atoms with Crippen molar-refractivity contribution < 1.29 is 4.79 Å². The summed E-state index contributed by atoms with van der Waals surface area (Å²) in [5.41, 5.74) is 0. The maximum absolute atomic E-state index is 11.6. The molecular weight excluding hydrogens is 202 g/mol. The zero-order valence-electron chi connectivity index (χ0n) is 11.3. The smallest absolute Gasteiger partial charge is 0.234 e. The van der Waals surface area contributed by atoms with Gasteiger partial charge in [-0.25, -0.2) is 0 Å². The van der Waals surface area contributed by atoms with Crippen molar-refractivity contribution in [2.45, 2.75) is 33.2 Å². The average molecular weight is 229 g/mol. The lowest BCUT2D eigenvalue weighted by Crippen LogP contribution is -2.45. The number of nitrogens with zero attached hydrogens (tertiary/aromatic N) is 1. The lowest BCUT2D eigenvalue weighted by atomic mass is 10.0. The predicted octanol–water partition coefficient (Wildman–Crippen LogP) is 0.688. The molecule has 0 aromatic heterocycles. The Hall–Kier alpha value is -0.610. The van der Waals surface area contributed by atoms with Gasteiger partial charge in [0.2, 0.25) is 5.91 Å². The van der Waals surface area contributed by atoms with E-state index in [-0.39, 0.29) is 11.9 Å². The van der Waals surface area contributed by atoms with Gasteiger partial charge in [0.25, 0.3) is 0 Å². The average Bonchev–Trinajstić information content (AvgIpc) is 2.12. The van der Waals surface area contributed by atoms with Gasteiger partial charge >= 0.3 is 0 Å². The fourth-order valence-corrected chi connectivity index (χ4v) is 1.71. The molecule has 0 aliphatic carbocycles. The van der Waals surface area contributed by atoms with E-state index in [1.165, 1.54) is 0 Å². The van der Waals surface area contributed by atoms with Gasteiger partial charge in [0.05, 0.1) is 6.54 Å². The molecule has 0 fully saturated rings. The minimum atomic E-state index is 0.0920. The molecular formula is C12H27N3O. The molecule has 4 heteroatoms. The first-order valence-corrected chi connectivity index (χ1v) is 6.10. The van der Waals surface area contributed by atoms with Crippen molar-refractivity contribution in [3.63, 3.8) is 0 Å². The van der Waals surface area contributed by atoms with Crippen LogP contribution in [-0.4, -0.2) is 50.6 Å². The number of nitrogens with one attached hydrogen (secondary N) is 2. The van der Waals surface area contributed by atoms with Crippen molar-refractivity contribution in [2.75, 3.05) is 33.7 Å². The molecule has 0 aliphatic rings. The first-order chi connectivity index (χ1) is 7.45. The summed E-state index contributed by atoms with van der Waals surface area (Å²) in [5, 5.41) is 6.11. The van der Waals surface area contributed by atoms with Crippen LogP contribution in [0.25, 0.3) is 0 Å². The van der Waals surface area contributed by atoms with Gasteiger partial charge in [0.15, 0.2) is 0 Å². The van der Waals surface area contributed by atoms with E-state index in [2.05, 4.69) is 29.4 Å². The van der Waals surface area contributed by atoms with Crippen LogP contribution < -0.4 is 10.6 Å². The molecule has 0 saturated heterocycles. The van der Waals surface area contributed by atoms with Crippen LogP contribution in [0.3, 0.4) is 0 Å². The van der Waals surface area contributed by atoms with Crippen LogP contribution in [0.4, 0.5) is 0 Å². The summed E-state index contributed by atoms with van der Waals surface area (Å²) in [5.74, 6) is 0.693. The van der Waals surface area contributed by atoms with Crippen molar-refractivity contribution in [1.82, 2.24) is 15.5 Å². The number of hydrogen-bond acceptors (Lipinski definition) is 3. The maximum Gasteiger partial charge on any atom is 0.234 e. The summed E-state index contributed by atoms with van der Waals surface area (Å²) in [4.78, 5) is 13.7. The molecule has 0 radical (unpaired) electrons. The minimum Gasteiger partial charge on any atom is -0.351 e. The van der Waals surface area contributed by atoms with Crippen LogP contribution >= 0.6 is 0 Å². The van der Waals surface area contributed by atoms with Gasteiger partial charge in [-0.1, -0.05) is 20.8 Å². The second-order valence-corrected chi connectivity index (χ2v) is 4.94. The molecule has 1 atom stereocenters. The highest BCUT2D eigenvalue weighted by atomic mass is 16.1. The summed E-state index contributed by atoms with van der Waals surface area (Å²) >= 11 is 0. The van der Waals surface area contributed by atoms with E-state index in [0.29, 0.717) is 12.5 Å². The third-order valence-electron chi connectivity index (χ3n) is 2.24. The highest BCUT2D eigenvalue weighted by Crippen LogP contribution is 2.05. The summed E-state index contributed by atoms with van der Waals surface area (Å²) in [6.07, 6.45) is 1.02. The Bertz CT molecular complexity index is 183. The highest BCUT2D eigenvalue weighted by Gasteiger charge is 2.14. The highest BCUT2D eigenvalue weighted by molar-refractivity contribution is 5.78. The van der Waals surface area contributed by atoms with Crippen molar-refractivity contribution in [3.8, 4) is 0 Å². The molecule has 0 aromatic rings. The van der Waals surface area contributed by atoms with E-state index in [9.17, 15) is 4.79 Å². The summed E-state index contributed by atoms with van der Waals surface area (Å²) in [6, 6.07) is 0.251. The van der Waals surface area contributed by atoms with E-state index in [1.807, 2.05) is 21.0 Å². The normalized spacial score (nSPS) is 13.2. The fraction of sp³-hybridized carbons (Fsp3) is 0.917. The second-order valence-electron chi connectivity index (χ2n) is 4.94. The molecule has 0 aliphatic heterocycles. The monoisotopic (exact) mass is 229 g/mol. The molecule has 0 saturated carbocycles. The van der Waals surface area contributed by atoms with Crippen molar-refractivity contribution >= 4 is 5.91 Å². The van der Waals surface area contributed by atoms with Gasteiger partial charge in [-0.2, -0.15) is 0 Å². The van der Waals surface area contributed by atoms with Crippen molar-refractivity contribution in [2.24, 2.45) is 5.92 Å². The van der Waals surface area contributed by atoms with Gasteiger partial charge in [-0.05, 0) is 33.0 Å². The molecule has 0 heterocycles. The third kappa shape index (κ3) is 8.68. The molecule has 1 amide bonds. The molecule has 1 unspecified atom stereocenters. The van der Waals surface area contributed by atoms with Crippen LogP contribution in [0.15, 0.2) is 0 Å². The Morgan fingerprint density at radius 2 is 1.94 bits per heavy atom.